The molecule has 0 radical (unpaired) electrons. The second-order valence-electron chi connectivity index (χ2n) is 8.02. The number of amides is 2. The number of likely N-dealkylation sites (tertiary alicyclic amines) is 1. The number of aryl methyl sites for hydroxylation is 1. The summed E-state index contributed by atoms with van der Waals surface area (Å²) in [5.41, 5.74) is -0.112. The number of rotatable bonds is 4. The lowest BCUT2D eigenvalue weighted by molar-refractivity contribution is -0.122. The van der Waals surface area contributed by atoms with E-state index in [4.69, 9.17) is 4.74 Å². The zero-order valence-electron chi connectivity index (χ0n) is 15.8. The fourth-order valence-corrected chi connectivity index (χ4v) is 3.03. The summed E-state index contributed by atoms with van der Waals surface area (Å²) in [6.07, 6.45) is 3.11. The molecule has 1 aromatic rings. The molecule has 2 rings (SSSR count). The van der Waals surface area contributed by atoms with Gasteiger partial charge in [0.15, 0.2) is 0 Å². The van der Waals surface area contributed by atoms with Crippen LogP contribution in [0.1, 0.15) is 53.2 Å². The van der Waals surface area contributed by atoms with Crippen molar-refractivity contribution < 1.29 is 14.3 Å². The van der Waals surface area contributed by atoms with Gasteiger partial charge < -0.3 is 15.0 Å². The van der Waals surface area contributed by atoms with E-state index in [0.717, 1.165) is 12.1 Å². The Bertz CT molecular complexity index is 608. The summed E-state index contributed by atoms with van der Waals surface area (Å²) >= 11 is 0. The second-order valence-corrected chi connectivity index (χ2v) is 8.02. The van der Waals surface area contributed by atoms with E-state index in [2.05, 4.69) is 10.3 Å². The molecule has 0 bridgehead atoms. The fourth-order valence-electron chi connectivity index (χ4n) is 3.03. The van der Waals surface area contributed by atoms with Crippen LogP contribution in [-0.2, 0) is 16.0 Å². The van der Waals surface area contributed by atoms with Gasteiger partial charge in [-0.05, 0) is 59.6 Å². The van der Waals surface area contributed by atoms with Crippen LogP contribution in [0.2, 0.25) is 0 Å². The first-order chi connectivity index (χ1) is 11.6. The number of hydrogen-bond donors (Lipinski definition) is 1. The first-order valence-electron chi connectivity index (χ1n) is 8.79. The number of aromatic nitrogens is 1. The average Bonchev–Trinajstić information content (AvgIpc) is 2.79. The predicted octanol–water partition coefficient (Wildman–Crippen LogP) is 2.92. The smallest absolute Gasteiger partial charge is 0.410 e. The minimum Gasteiger partial charge on any atom is -0.444 e. The van der Waals surface area contributed by atoms with E-state index in [1.807, 2.05) is 52.8 Å². The Labute approximate surface area is 150 Å². The lowest BCUT2D eigenvalue weighted by Gasteiger charge is -2.37. The van der Waals surface area contributed by atoms with E-state index in [-0.39, 0.29) is 18.0 Å². The Hall–Kier alpha value is -2.11. The maximum Gasteiger partial charge on any atom is 0.410 e. The summed E-state index contributed by atoms with van der Waals surface area (Å²) in [6.45, 7) is 10.1. The van der Waals surface area contributed by atoms with Gasteiger partial charge in [-0.1, -0.05) is 6.07 Å². The van der Waals surface area contributed by atoms with Crippen LogP contribution in [0.25, 0.3) is 0 Å². The average molecular weight is 347 g/mol. The first-order valence-corrected chi connectivity index (χ1v) is 8.79. The molecule has 1 aliphatic heterocycles. The summed E-state index contributed by atoms with van der Waals surface area (Å²) in [5.74, 6) is -0.0187. The molecule has 138 valence electrons. The van der Waals surface area contributed by atoms with Crippen molar-refractivity contribution >= 4 is 12.0 Å². The van der Waals surface area contributed by atoms with E-state index in [1.54, 1.807) is 11.1 Å². The highest BCUT2D eigenvalue weighted by atomic mass is 16.6. The first kappa shape index (κ1) is 19.2. The fraction of sp³-hybridized carbons (Fsp3) is 0.632. The molecule has 0 saturated carbocycles. The van der Waals surface area contributed by atoms with Crippen LogP contribution in [0.4, 0.5) is 4.79 Å². The van der Waals surface area contributed by atoms with Crippen molar-refractivity contribution in [3.05, 3.63) is 30.1 Å². The zero-order chi connectivity index (χ0) is 18.7. The Morgan fingerprint density at radius 3 is 2.68 bits per heavy atom. The van der Waals surface area contributed by atoms with Gasteiger partial charge in [-0.15, -0.1) is 0 Å². The molecule has 1 unspecified atom stereocenters. The molecule has 6 nitrogen and oxygen atoms in total. The van der Waals surface area contributed by atoms with Crippen molar-refractivity contribution in [3.63, 3.8) is 0 Å². The molecule has 0 aliphatic carbocycles. The standard InChI is InChI=1S/C19H29N3O3/c1-18(2,3)25-17(24)22-13-11-15(19(22,4)5)21-16(23)10-9-14-8-6-7-12-20-14/h6-8,12,15H,9-11,13H2,1-5H3,(H,21,23). The lowest BCUT2D eigenvalue weighted by atomic mass is 9.95. The van der Waals surface area contributed by atoms with Crippen molar-refractivity contribution in [1.82, 2.24) is 15.2 Å². The molecule has 25 heavy (non-hydrogen) atoms. The maximum absolute atomic E-state index is 12.4. The molecule has 0 spiro atoms. The zero-order valence-corrected chi connectivity index (χ0v) is 15.8. The van der Waals surface area contributed by atoms with Crippen LogP contribution in [0.3, 0.4) is 0 Å². The predicted molar refractivity (Wildman–Crippen MR) is 96.1 cm³/mol. The van der Waals surface area contributed by atoms with Crippen LogP contribution in [0.15, 0.2) is 24.4 Å². The highest BCUT2D eigenvalue weighted by molar-refractivity contribution is 5.77. The van der Waals surface area contributed by atoms with Gasteiger partial charge in [0.25, 0.3) is 0 Å². The summed E-state index contributed by atoms with van der Waals surface area (Å²) in [5, 5.41) is 3.07. The molecule has 0 aromatic carbocycles. The van der Waals surface area contributed by atoms with E-state index < -0.39 is 11.1 Å². The molecule has 6 heteroatoms. The minimum atomic E-state index is -0.531. The normalized spacial score (nSPS) is 19.6. The molecule has 1 aromatic heterocycles. The van der Waals surface area contributed by atoms with Crippen molar-refractivity contribution in [2.75, 3.05) is 6.54 Å². The molecular weight excluding hydrogens is 318 g/mol. The molecule has 1 N–H and O–H groups in total. The third kappa shape index (κ3) is 5.18. The van der Waals surface area contributed by atoms with Crippen LogP contribution >= 0.6 is 0 Å². The molecule has 2 amide bonds. The van der Waals surface area contributed by atoms with Gasteiger partial charge >= 0.3 is 6.09 Å². The van der Waals surface area contributed by atoms with Gasteiger partial charge in [0.05, 0.1) is 11.6 Å². The van der Waals surface area contributed by atoms with E-state index in [1.165, 1.54) is 0 Å². The van der Waals surface area contributed by atoms with Crippen LogP contribution in [-0.4, -0.2) is 45.6 Å². The van der Waals surface area contributed by atoms with Gasteiger partial charge in [0.1, 0.15) is 5.60 Å². The molecule has 2 heterocycles. The Morgan fingerprint density at radius 1 is 1.36 bits per heavy atom. The highest BCUT2D eigenvalue weighted by Gasteiger charge is 2.45. The third-order valence-corrected chi connectivity index (χ3v) is 4.47. The van der Waals surface area contributed by atoms with Crippen LogP contribution < -0.4 is 5.32 Å². The topological polar surface area (TPSA) is 71.5 Å². The number of hydrogen-bond acceptors (Lipinski definition) is 4. The Morgan fingerprint density at radius 2 is 2.08 bits per heavy atom. The number of carbonyl (C=O) groups is 2. The summed E-state index contributed by atoms with van der Waals surface area (Å²) in [7, 11) is 0. The molecule has 1 atom stereocenters. The van der Waals surface area contributed by atoms with Crippen molar-refractivity contribution in [1.29, 1.82) is 0 Å². The SMILES string of the molecule is CC(C)(C)OC(=O)N1CCC(NC(=O)CCc2ccccn2)C1(C)C. The van der Waals surface area contributed by atoms with Crippen LogP contribution in [0, 0.1) is 0 Å². The van der Waals surface area contributed by atoms with E-state index in [9.17, 15) is 9.59 Å². The van der Waals surface area contributed by atoms with Gasteiger partial charge in [0.2, 0.25) is 5.91 Å². The number of carbonyl (C=O) groups excluding carboxylic acids is 2. The number of nitrogens with one attached hydrogen (secondary N) is 1. The van der Waals surface area contributed by atoms with E-state index >= 15 is 0 Å². The third-order valence-electron chi connectivity index (χ3n) is 4.47. The van der Waals surface area contributed by atoms with Gasteiger partial charge in [-0.3, -0.25) is 9.78 Å². The molecule has 1 saturated heterocycles. The second kappa shape index (κ2) is 7.42. The van der Waals surface area contributed by atoms with Crippen molar-refractivity contribution in [2.45, 2.75) is 71.1 Å². The summed E-state index contributed by atoms with van der Waals surface area (Å²) < 4.78 is 5.48. The van der Waals surface area contributed by atoms with Crippen LogP contribution in [0.5, 0.6) is 0 Å². The molecule has 1 fully saturated rings. The number of nitrogens with zero attached hydrogens (tertiary/aromatic N) is 2. The Kier molecular flexibility index (Phi) is 5.70. The van der Waals surface area contributed by atoms with Crippen molar-refractivity contribution in [3.8, 4) is 0 Å². The number of pyridine rings is 1. The Balaban J connectivity index is 1.90. The molecule has 1 aliphatic rings. The number of ether oxygens (including phenoxy) is 1. The van der Waals surface area contributed by atoms with E-state index in [0.29, 0.717) is 19.4 Å². The van der Waals surface area contributed by atoms with Crippen molar-refractivity contribution in [2.24, 2.45) is 0 Å². The lowest BCUT2D eigenvalue weighted by Crippen LogP contribution is -2.54. The van der Waals surface area contributed by atoms with Gasteiger partial charge in [-0.25, -0.2) is 4.79 Å². The van der Waals surface area contributed by atoms with Gasteiger partial charge in [-0.2, -0.15) is 0 Å². The maximum atomic E-state index is 12.4. The molecular formula is C19H29N3O3. The monoisotopic (exact) mass is 347 g/mol. The summed E-state index contributed by atoms with van der Waals surface area (Å²) in [4.78, 5) is 30.6. The minimum absolute atomic E-state index is 0.0187. The summed E-state index contributed by atoms with van der Waals surface area (Å²) in [6, 6.07) is 5.60. The quantitative estimate of drug-likeness (QED) is 0.909. The van der Waals surface area contributed by atoms with Gasteiger partial charge in [0, 0.05) is 24.9 Å². The largest absolute Gasteiger partial charge is 0.444 e. The highest BCUT2D eigenvalue weighted by Crippen LogP contribution is 2.30.